The van der Waals surface area contributed by atoms with Gasteiger partial charge in [-0.1, -0.05) is 65.7 Å². The van der Waals surface area contributed by atoms with Gasteiger partial charge in [-0.3, -0.25) is 24.7 Å². The highest BCUT2D eigenvalue weighted by Gasteiger charge is 2.45. The molecule has 3 aliphatic rings. The highest BCUT2D eigenvalue weighted by atomic mass is 35.5. The van der Waals surface area contributed by atoms with Crippen LogP contribution in [0.4, 0.5) is 0 Å². The second kappa shape index (κ2) is 17.2. The number of aromatic nitrogens is 4. The maximum absolute atomic E-state index is 14.3. The average molecular weight is 789 g/mol. The van der Waals surface area contributed by atoms with Crippen molar-refractivity contribution in [2.75, 3.05) is 72.1 Å². The summed E-state index contributed by atoms with van der Waals surface area (Å²) in [5, 5.41) is 14.4. The number of carbonyl (C=O) groups excluding carboxylic acids is 3. The minimum absolute atomic E-state index is 0.0126. The molecule has 3 aromatic carbocycles. The summed E-state index contributed by atoms with van der Waals surface area (Å²) >= 11 is 13.0. The van der Waals surface area contributed by atoms with Crippen LogP contribution in [0.1, 0.15) is 54.1 Å². The predicted molar refractivity (Wildman–Crippen MR) is 209 cm³/mol. The van der Waals surface area contributed by atoms with Crippen molar-refractivity contribution in [3.8, 4) is 5.69 Å². The van der Waals surface area contributed by atoms with Gasteiger partial charge in [-0.2, -0.15) is 0 Å². The molecule has 3 aliphatic heterocycles. The molecule has 4 heterocycles. The number of hydrogen-bond donors (Lipinski definition) is 1. The minimum Gasteiger partial charge on any atom is -0.465 e. The van der Waals surface area contributed by atoms with Gasteiger partial charge in [0.25, 0.3) is 5.91 Å². The molecule has 15 heteroatoms. The quantitative estimate of drug-likeness (QED) is 0.207. The first-order valence-corrected chi connectivity index (χ1v) is 19.7. The van der Waals surface area contributed by atoms with Gasteiger partial charge in [0.1, 0.15) is 6.33 Å². The van der Waals surface area contributed by atoms with Crippen molar-refractivity contribution in [3.05, 3.63) is 106 Å². The van der Waals surface area contributed by atoms with E-state index in [1.807, 2.05) is 77.5 Å². The van der Waals surface area contributed by atoms with Crippen LogP contribution >= 0.6 is 23.2 Å². The molecule has 1 N–H and O–H groups in total. The first kappa shape index (κ1) is 38.9. The van der Waals surface area contributed by atoms with Crippen LogP contribution in [-0.4, -0.2) is 130 Å². The Balaban J connectivity index is 1.03. The fourth-order valence-electron chi connectivity index (χ4n) is 8.29. The Morgan fingerprint density at radius 3 is 2.31 bits per heavy atom. The zero-order valence-corrected chi connectivity index (χ0v) is 32.6. The number of piperazine rings is 1. The first-order valence-electron chi connectivity index (χ1n) is 19.0. The lowest BCUT2D eigenvalue weighted by atomic mass is 9.71. The predicted octanol–water partition coefficient (Wildman–Crippen LogP) is 4.39. The Labute approximate surface area is 331 Å². The zero-order chi connectivity index (χ0) is 38.4. The summed E-state index contributed by atoms with van der Waals surface area (Å²) in [4.78, 5) is 46.7. The van der Waals surface area contributed by atoms with Gasteiger partial charge in [0.05, 0.1) is 34.3 Å². The molecule has 0 saturated carbocycles. The van der Waals surface area contributed by atoms with Crippen molar-refractivity contribution < 1.29 is 19.1 Å². The number of hydrogen-bond acceptors (Lipinski definition) is 10. The van der Waals surface area contributed by atoms with E-state index in [9.17, 15) is 14.4 Å². The van der Waals surface area contributed by atoms with E-state index in [2.05, 4.69) is 42.9 Å². The molecule has 290 valence electrons. The summed E-state index contributed by atoms with van der Waals surface area (Å²) in [6.45, 7) is 8.46. The number of esters is 1. The van der Waals surface area contributed by atoms with Gasteiger partial charge in [0, 0.05) is 50.2 Å². The third-order valence-corrected chi connectivity index (χ3v) is 12.3. The number of amides is 2. The molecule has 2 amide bonds. The van der Waals surface area contributed by atoms with Crippen molar-refractivity contribution in [1.29, 1.82) is 0 Å². The van der Waals surface area contributed by atoms with Crippen LogP contribution in [0.2, 0.25) is 10.0 Å². The number of tetrazole rings is 1. The maximum atomic E-state index is 14.3. The van der Waals surface area contributed by atoms with Crippen molar-refractivity contribution >= 4 is 41.0 Å². The molecule has 1 aromatic heterocycles. The lowest BCUT2D eigenvalue weighted by Gasteiger charge is -2.43. The molecule has 4 aromatic rings. The van der Waals surface area contributed by atoms with Gasteiger partial charge in [0.15, 0.2) is 0 Å². The first-order chi connectivity index (χ1) is 26.7. The molecule has 1 unspecified atom stereocenters. The fraction of sp³-hybridized carbons (Fsp3) is 0.450. The summed E-state index contributed by atoms with van der Waals surface area (Å²) in [7, 11) is 0. The number of likely N-dealkylation sites (tertiary alicyclic amines) is 2. The summed E-state index contributed by atoms with van der Waals surface area (Å²) in [6.07, 6.45) is 4.44. The second-order valence-electron chi connectivity index (χ2n) is 14.7. The third kappa shape index (κ3) is 8.71. The van der Waals surface area contributed by atoms with Gasteiger partial charge in [-0.15, -0.1) is 5.10 Å². The molecule has 0 bridgehead atoms. The fourth-order valence-corrected chi connectivity index (χ4v) is 8.59. The smallest absolute Gasteiger partial charge is 0.320 e. The topological polar surface area (TPSA) is 129 Å². The number of rotatable bonds is 12. The van der Waals surface area contributed by atoms with E-state index >= 15 is 0 Å². The number of benzene rings is 3. The van der Waals surface area contributed by atoms with E-state index in [1.165, 1.54) is 11.0 Å². The van der Waals surface area contributed by atoms with Gasteiger partial charge >= 0.3 is 5.97 Å². The number of carbonyl (C=O) groups is 3. The standard InChI is InChI=1S/C40H47Cl2N9O4/c1-2-55-36(52)27-48-21-23-50(24-22-48)44-38(54)40(31-8-4-3-5-9-31)15-18-47(19-16-40)17-13-39(32-11-12-34(41)35(42)26-32)14-20-49(28-39)37(53)30-7-6-10-33(25-30)51-29-43-45-46-51/h3-12,25-26,29H,2,13-24,27-28H2,1H3,(H,44,54). The highest BCUT2D eigenvalue weighted by molar-refractivity contribution is 6.42. The monoisotopic (exact) mass is 787 g/mol. The third-order valence-electron chi connectivity index (χ3n) is 11.5. The van der Waals surface area contributed by atoms with Crippen LogP contribution in [0.3, 0.4) is 0 Å². The van der Waals surface area contributed by atoms with Crippen molar-refractivity contribution in [2.24, 2.45) is 0 Å². The van der Waals surface area contributed by atoms with Crippen LogP contribution < -0.4 is 5.43 Å². The maximum Gasteiger partial charge on any atom is 0.320 e. The van der Waals surface area contributed by atoms with Crippen molar-refractivity contribution in [2.45, 2.75) is 43.4 Å². The molecular weight excluding hydrogens is 741 g/mol. The van der Waals surface area contributed by atoms with Gasteiger partial charge in [0.2, 0.25) is 5.91 Å². The van der Waals surface area contributed by atoms with E-state index in [0.29, 0.717) is 80.0 Å². The average Bonchev–Trinajstić information content (AvgIpc) is 3.92. The molecular formula is C40H47Cl2N9O4. The van der Waals surface area contributed by atoms with E-state index < -0.39 is 5.41 Å². The molecule has 55 heavy (non-hydrogen) atoms. The summed E-state index contributed by atoms with van der Waals surface area (Å²) < 4.78 is 6.65. The zero-order valence-electron chi connectivity index (χ0n) is 31.1. The highest BCUT2D eigenvalue weighted by Crippen LogP contribution is 2.42. The lowest BCUT2D eigenvalue weighted by molar-refractivity contribution is -0.145. The van der Waals surface area contributed by atoms with Gasteiger partial charge in [-0.05, 0) is 104 Å². The summed E-state index contributed by atoms with van der Waals surface area (Å²) in [6, 6.07) is 23.3. The summed E-state index contributed by atoms with van der Waals surface area (Å²) in [5.74, 6) is -0.257. The molecule has 0 radical (unpaired) electrons. The van der Waals surface area contributed by atoms with Crippen LogP contribution in [-0.2, 0) is 25.2 Å². The molecule has 3 fully saturated rings. The lowest BCUT2D eigenvalue weighted by Crippen LogP contribution is -2.59. The number of nitrogens with one attached hydrogen (secondary N) is 1. The molecule has 1 atom stereocenters. The van der Waals surface area contributed by atoms with Crippen LogP contribution in [0, 0.1) is 0 Å². The van der Waals surface area contributed by atoms with Gasteiger partial charge in [-0.25, -0.2) is 9.69 Å². The number of ether oxygens (including phenoxy) is 1. The minimum atomic E-state index is -0.672. The Hall–Kier alpha value is -4.40. The Morgan fingerprint density at radius 1 is 0.818 bits per heavy atom. The van der Waals surface area contributed by atoms with E-state index in [4.69, 9.17) is 27.9 Å². The number of halogens is 2. The van der Waals surface area contributed by atoms with Crippen LogP contribution in [0.15, 0.2) is 79.1 Å². The number of hydrazine groups is 1. The Bertz CT molecular complexity index is 1950. The normalized spacial score (nSPS) is 20.7. The van der Waals surface area contributed by atoms with E-state index in [1.54, 1.807) is 0 Å². The van der Waals surface area contributed by atoms with Crippen molar-refractivity contribution in [1.82, 2.24) is 45.3 Å². The molecule has 13 nitrogen and oxygen atoms in total. The Kier molecular flexibility index (Phi) is 12.1. The molecule has 7 rings (SSSR count). The SMILES string of the molecule is CCOC(=O)CN1CCN(NC(=O)C2(c3ccccc3)CCN(CCC3(c4ccc(Cl)c(Cl)c4)CCN(C(=O)c4cccc(-n5cnnn5)c4)C3)CC2)CC1. The largest absolute Gasteiger partial charge is 0.465 e. The molecule has 3 saturated heterocycles. The van der Waals surface area contributed by atoms with Crippen molar-refractivity contribution in [3.63, 3.8) is 0 Å². The van der Waals surface area contributed by atoms with E-state index in [0.717, 1.165) is 43.6 Å². The molecule has 0 aliphatic carbocycles. The van der Waals surface area contributed by atoms with E-state index in [-0.39, 0.29) is 29.7 Å². The van der Waals surface area contributed by atoms with Crippen LogP contribution in [0.5, 0.6) is 0 Å². The number of nitrogens with zero attached hydrogens (tertiary/aromatic N) is 8. The van der Waals surface area contributed by atoms with Gasteiger partial charge < -0.3 is 14.5 Å². The number of piperidine rings is 1. The molecule has 0 spiro atoms. The second-order valence-corrected chi connectivity index (χ2v) is 15.6. The Morgan fingerprint density at radius 2 is 1.60 bits per heavy atom. The summed E-state index contributed by atoms with van der Waals surface area (Å²) in [5.41, 5.74) is 5.62. The van der Waals surface area contributed by atoms with Crippen LogP contribution in [0.25, 0.3) is 5.69 Å².